The largest absolute Gasteiger partial charge is 0.316 e. The van der Waals surface area contributed by atoms with Crippen LogP contribution in [0, 0.1) is 20.2 Å². The molecule has 0 saturated heterocycles. The molecule has 0 radical (unpaired) electrons. The zero-order chi connectivity index (χ0) is 18.0. The standard InChI is InChI=1S/C17H11N3O5/c21-17(12-5-3-6-13(10-12)19(22)23)18-15-9-8-11-4-1-2-7-14(11)16(15)20(24)25/h1-10H,(H,18,21). The monoisotopic (exact) mass is 337 g/mol. The second-order valence-corrected chi connectivity index (χ2v) is 5.20. The fourth-order valence-electron chi connectivity index (χ4n) is 2.51. The molecule has 0 aromatic heterocycles. The van der Waals surface area contributed by atoms with Crippen molar-refractivity contribution in [2.24, 2.45) is 0 Å². The number of non-ortho nitro benzene ring substituents is 1. The van der Waals surface area contributed by atoms with Gasteiger partial charge in [0.05, 0.1) is 15.2 Å². The predicted molar refractivity (Wildman–Crippen MR) is 91.7 cm³/mol. The average Bonchev–Trinajstić information content (AvgIpc) is 2.61. The smallest absolute Gasteiger partial charge is 0.300 e. The molecule has 1 amide bonds. The van der Waals surface area contributed by atoms with Gasteiger partial charge in [0.25, 0.3) is 11.6 Å². The van der Waals surface area contributed by atoms with Crippen molar-refractivity contribution in [3.05, 3.63) is 86.5 Å². The van der Waals surface area contributed by atoms with Gasteiger partial charge in [-0.2, -0.15) is 0 Å². The van der Waals surface area contributed by atoms with Crippen molar-refractivity contribution in [3.63, 3.8) is 0 Å². The lowest BCUT2D eigenvalue weighted by atomic mass is 10.1. The molecule has 0 unspecified atom stereocenters. The first-order valence-electron chi connectivity index (χ1n) is 7.19. The minimum absolute atomic E-state index is 0.0280. The van der Waals surface area contributed by atoms with Crippen LogP contribution in [-0.4, -0.2) is 15.8 Å². The van der Waals surface area contributed by atoms with Crippen molar-refractivity contribution in [2.45, 2.75) is 0 Å². The van der Waals surface area contributed by atoms with Gasteiger partial charge in [-0.15, -0.1) is 0 Å². The van der Waals surface area contributed by atoms with E-state index < -0.39 is 15.8 Å². The Morgan fingerprint density at radius 1 is 0.880 bits per heavy atom. The van der Waals surface area contributed by atoms with Gasteiger partial charge in [-0.1, -0.05) is 30.3 Å². The average molecular weight is 337 g/mol. The second-order valence-electron chi connectivity index (χ2n) is 5.20. The van der Waals surface area contributed by atoms with Gasteiger partial charge >= 0.3 is 5.69 Å². The van der Waals surface area contributed by atoms with E-state index in [0.29, 0.717) is 10.8 Å². The molecule has 124 valence electrons. The molecule has 0 aliphatic carbocycles. The van der Waals surface area contributed by atoms with Crippen molar-refractivity contribution >= 4 is 33.7 Å². The molecular weight excluding hydrogens is 326 g/mol. The minimum atomic E-state index is -0.665. The lowest BCUT2D eigenvalue weighted by Crippen LogP contribution is -2.13. The van der Waals surface area contributed by atoms with Crippen LogP contribution in [0.5, 0.6) is 0 Å². The Hall–Kier alpha value is -3.81. The minimum Gasteiger partial charge on any atom is -0.316 e. The van der Waals surface area contributed by atoms with Gasteiger partial charge in [-0.25, -0.2) is 0 Å². The summed E-state index contributed by atoms with van der Waals surface area (Å²) in [5.41, 5.74) is -0.394. The van der Waals surface area contributed by atoms with Crippen molar-refractivity contribution in [1.82, 2.24) is 0 Å². The number of rotatable bonds is 4. The molecule has 0 bridgehead atoms. The normalized spacial score (nSPS) is 10.4. The number of amides is 1. The molecule has 0 spiro atoms. The summed E-state index contributed by atoms with van der Waals surface area (Å²) in [5, 5.41) is 25.8. The second kappa shape index (κ2) is 6.36. The first kappa shape index (κ1) is 16.1. The van der Waals surface area contributed by atoms with Crippen LogP contribution in [0.2, 0.25) is 0 Å². The SMILES string of the molecule is O=C(Nc1ccc2ccccc2c1[N+](=O)[O-])c1cccc([N+](=O)[O-])c1. The molecule has 1 N–H and O–H groups in total. The summed E-state index contributed by atoms with van der Waals surface area (Å²) in [4.78, 5) is 33.4. The molecule has 0 heterocycles. The van der Waals surface area contributed by atoms with Crippen molar-refractivity contribution in [3.8, 4) is 0 Å². The highest BCUT2D eigenvalue weighted by atomic mass is 16.6. The van der Waals surface area contributed by atoms with Crippen LogP contribution in [0.4, 0.5) is 17.1 Å². The third-order valence-corrected chi connectivity index (χ3v) is 3.65. The molecule has 8 heteroatoms. The zero-order valence-corrected chi connectivity index (χ0v) is 12.7. The Kier molecular flexibility index (Phi) is 4.09. The van der Waals surface area contributed by atoms with Crippen LogP contribution in [-0.2, 0) is 0 Å². The summed E-state index contributed by atoms with van der Waals surface area (Å²) in [6.07, 6.45) is 0. The van der Waals surface area contributed by atoms with Crippen LogP contribution in [0.1, 0.15) is 10.4 Å². The molecule has 0 atom stereocenters. The highest BCUT2D eigenvalue weighted by Gasteiger charge is 2.21. The van der Waals surface area contributed by atoms with E-state index in [0.717, 1.165) is 6.07 Å². The van der Waals surface area contributed by atoms with Crippen molar-refractivity contribution in [2.75, 3.05) is 5.32 Å². The third-order valence-electron chi connectivity index (χ3n) is 3.65. The van der Waals surface area contributed by atoms with Gasteiger partial charge in [0.15, 0.2) is 0 Å². The number of hydrogen-bond donors (Lipinski definition) is 1. The molecule has 25 heavy (non-hydrogen) atoms. The Labute approximate surface area is 141 Å². The summed E-state index contributed by atoms with van der Waals surface area (Å²) in [6.45, 7) is 0. The van der Waals surface area contributed by atoms with E-state index in [4.69, 9.17) is 0 Å². The van der Waals surface area contributed by atoms with Gasteiger partial charge in [-0.3, -0.25) is 25.0 Å². The van der Waals surface area contributed by atoms with Gasteiger partial charge < -0.3 is 5.32 Å². The highest BCUT2D eigenvalue weighted by Crippen LogP contribution is 2.33. The first-order chi connectivity index (χ1) is 12.0. The van der Waals surface area contributed by atoms with Crippen LogP contribution in [0.25, 0.3) is 10.8 Å². The lowest BCUT2D eigenvalue weighted by molar-refractivity contribution is -0.384. The molecule has 3 aromatic rings. The van der Waals surface area contributed by atoms with E-state index in [2.05, 4.69) is 5.32 Å². The predicted octanol–water partition coefficient (Wildman–Crippen LogP) is 3.91. The summed E-state index contributed by atoms with van der Waals surface area (Å²) in [7, 11) is 0. The number of nitro benzene ring substituents is 2. The summed E-state index contributed by atoms with van der Waals surface area (Å²) in [6, 6.07) is 15.0. The number of benzene rings is 3. The van der Waals surface area contributed by atoms with E-state index in [9.17, 15) is 25.0 Å². The Bertz CT molecular complexity index is 1020. The fourth-order valence-corrected chi connectivity index (χ4v) is 2.51. The van der Waals surface area contributed by atoms with Crippen molar-refractivity contribution in [1.29, 1.82) is 0 Å². The molecule has 3 rings (SSSR count). The maximum atomic E-state index is 12.3. The Morgan fingerprint density at radius 3 is 2.36 bits per heavy atom. The Balaban J connectivity index is 2.01. The zero-order valence-electron chi connectivity index (χ0n) is 12.7. The number of anilines is 1. The molecule has 0 saturated carbocycles. The number of nitrogens with zero attached hydrogens (tertiary/aromatic N) is 2. The van der Waals surface area contributed by atoms with E-state index >= 15 is 0 Å². The highest BCUT2D eigenvalue weighted by molar-refractivity contribution is 6.08. The van der Waals surface area contributed by atoms with Gasteiger partial charge in [0, 0.05) is 17.7 Å². The number of carbonyl (C=O) groups is 1. The van der Waals surface area contributed by atoms with Crippen LogP contribution in [0.15, 0.2) is 60.7 Å². The number of nitrogens with one attached hydrogen (secondary N) is 1. The maximum absolute atomic E-state index is 12.3. The van der Waals surface area contributed by atoms with E-state index in [1.807, 2.05) is 0 Å². The van der Waals surface area contributed by atoms with Crippen LogP contribution in [0.3, 0.4) is 0 Å². The maximum Gasteiger partial charge on any atom is 0.300 e. The number of fused-ring (bicyclic) bond motifs is 1. The summed E-state index contributed by atoms with van der Waals surface area (Å²) in [5.74, 6) is -0.665. The Morgan fingerprint density at radius 2 is 1.64 bits per heavy atom. The summed E-state index contributed by atoms with van der Waals surface area (Å²) >= 11 is 0. The van der Waals surface area contributed by atoms with Gasteiger partial charge in [0.2, 0.25) is 0 Å². The van der Waals surface area contributed by atoms with Gasteiger partial charge in [-0.05, 0) is 23.6 Å². The number of nitro groups is 2. The quantitative estimate of drug-likeness (QED) is 0.572. The summed E-state index contributed by atoms with van der Waals surface area (Å²) < 4.78 is 0. The fraction of sp³-hybridized carbons (Fsp3) is 0. The van der Waals surface area contributed by atoms with Gasteiger partial charge in [0.1, 0.15) is 5.69 Å². The molecule has 0 fully saturated rings. The van der Waals surface area contributed by atoms with E-state index in [1.165, 1.54) is 24.3 Å². The van der Waals surface area contributed by atoms with E-state index in [1.54, 1.807) is 30.3 Å². The molecule has 0 aliphatic rings. The lowest BCUT2D eigenvalue weighted by Gasteiger charge is -2.08. The first-order valence-corrected chi connectivity index (χ1v) is 7.19. The molecule has 0 aliphatic heterocycles. The van der Waals surface area contributed by atoms with E-state index in [-0.39, 0.29) is 22.6 Å². The number of hydrogen-bond acceptors (Lipinski definition) is 5. The topological polar surface area (TPSA) is 115 Å². The van der Waals surface area contributed by atoms with Crippen molar-refractivity contribution < 1.29 is 14.6 Å². The number of carbonyl (C=O) groups excluding carboxylic acids is 1. The molecular formula is C17H11N3O5. The van der Waals surface area contributed by atoms with Crippen LogP contribution < -0.4 is 5.32 Å². The van der Waals surface area contributed by atoms with Crippen LogP contribution >= 0.6 is 0 Å². The third kappa shape index (κ3) is 3.13. The molecule has 3 aromatic carbocycles. The molecule has 8 nitrogen and oxygen atoms in total.